The van der Waals surface area contributed by atoms with E-state index in [9.17, 15) is 0 Å². The third-order valence-corrected chi connectivity index (χ3v) is 4.73. The molecule has 0 fully saturated rings. The molecule has 2 nitrogen and oxygen atoms in total. The molecular formula is C15H24BrNO. The summed E-state index contributed by atoms with van der Waals surface area (Å²) in [4.78, 5) is 0. The summed E-state index contributed by atoms with van der Waals surface area (Å²) >= 11 is 3.62. The molecule has 0 aliphatic carbocycles. The number of methoxy groups -OCH3 is 1. The number of hydrogen-bond donors (Lipinski definition) is 1. The highest BCUT2D eigenvalue weighted by molar-refractivity contribution is 9.10. The zero-order chi connectivity index (χ0) is 13.7. The van der Waals surface area contributed by atoms with Gasteiger partial charge in [-0.3, -0.25) is 0 Å². The van der Waals surface area contributed by atoms with E-state index in [-0.39, 0.29) is 0 Å². The van der Waals surface area contributed by atoms with Crippen molar-refractivity contribution >= 4 is 15.9 Å². The smallest absolute Gasteiger partial charge is 0.0465 e. The zero-order valence-electron chi connectivity index (χ0n) is 12.0. The highest BCUT2D eigenvalue weighted by atomic mass is 79.9. The lowest BCUT2D eigenvalue weighted by Gasteiger charge is -2.25. The van der Waals surface area contributed by atoms with E-state index in [0.29, 0.717) is 12.0 Å². The molecule has 0 aliphatic rings. The van der Waals surface area contributed by atoms with E-state index >= 15 is 0 Å². The van der Waals surface area contributed by atoms with Gasteiger partial charge in [0.1, 0.15) is 0 Å². The highest BCUT2D eigenvalue weighted by Crippen LogP contribution is 2.29. The lowest BCUT2D eigenvalue weighted by molar-refractivity contribution is 0.171. The molecule has 1 aromatic rings. The monoisotopic (exact) mass is 313 g/mol. The Morgan fingerprint density at radius 1 is 1.28 bits per heavy atom. The fourth-order valence-corrected chi connectivity index (χ4v) is 2.64. The zero-order valence-corrected chi connectivity index (χ0v) is 13.6. The number of benzene rings is 1. The fourth-order valence-electron chi connectivity index (χ4n) is 2.41. The Bertz CT molecular complexity index is 369. The summed E-state index contributed by atoms with van der Waals surface area (Å²) in [5, 5.41) is 3.43. The van der Waals surface area contributed by atoms with Gasteiger partial charge in [0.05, 0.1) is 0 Å². The highest BCUT2D eigenvalue weighted by Gasteiger charge is 2.18. The van der Waals surface area contributed by atoms with Gasteiger partial charge in [-0.05, 0) is 49.9 Å². The van der Waals surface area contributed by atoms with Crippen LogP contribution in [-0.2, 0) is 4.74 Å². The standard InChI is InChI=1S/C15H24BrNO/c1-10(6-7-18-5)15(17-4)13-8-11(2)14(16)12(3)9-13/h8-10,15,17H,6-7H2,1-5H3. The van der Waals surface area contributed by atoms with Crippen molar-refractivity contribution in [3.8, 4) is 0 Å². The average molecular weight is 314 g/mol. The van der Waals surface area contributed by atoms with Crippen LogP contribution in [0.1, 0.15) is 36.1 Å². The Labute approximate surface area is 119 Å². The van der Waals surface area contributed by atoms with Gasteiger partial charge in [0.25, 0.3) is 0 Å². The van der Waals surface area contributed by atoms with Gasteiger partial charge in [-0.2, -0.15) is 0 Å². The first-order chi connectivity index (χ1) is 8.51. The first-order valence-electron chi connectivity index (χ1n) is 6.44. The van der Waals surface area contributed by atoms with Gasteiger partial charge in [-0.1, -0.05) is 35.0 Å². The first-order valence-corrected chi connectivity index (χ1v) is 7.23. The second-order valence-corrected chi connectivity index (χ2v) is 5.79. The van der Waals surface area contributed by atoms with Crippen molar-refractivity contribution in [3.05, 3.63) is 33.3 Å². The van der Waals surface area contributed by atoms with Crippen molar-refractivity contribution in [2.24, 2.45) is 5.92 Å². The molecule has 0 amide bonds. The molecule has 0 heterocycles. The van der Waals surface area contributed by atoms with Crippen LogP contribution in [0.2, 0.25) is 0 Å². The van der Waals surface area contributed by atoms with Gasteiger partial charge >= 0.3 is 0 Å². The second kappa shape index (κ2) is 7.27. The van der Waals surface area contributed by atoms with Crippen molar-refractivity contribution in [3.63, 3.8) is 0 Å². The maximum Gasteiger partial charge on any atom is 0.0465 e. The van der Waals surface area contributed by atoms with Crippen molar-refractivity contribution < 1.29 is 4.74 Å². The summed E-state index contributed by atoms with van der Waals surface area (Å²) < 4.78 is 6.39. The molecule has 1 aromatic carbocycles. The Hall–Kier alpha value is -0.380. The van der Waals surface area contributed by atoms with Crippen LogP contribution in [-0.4, -0.2) is 20.8 Å². The van der Waals surface area contributed by atoms with Gasteiger partial charge < -0.3 is 10.1 Å². The van der Waals surface area contributed by atoms with Crippen LogP contribution >= 0.6 is 15.9 Å². The molecule has 1 rings (SSSR count). The maximum absolute atomic E-state index is 5.17. The van der Waals surface area contributed by atoms with E-state index < -0.39 is 0 Å². The third kappa shape index (κ3) is 3.81. The molecular weight excluding hydrogens is 290 g/mol. The van der Waals surface area contributed by atoms with Gasteiger partial charge in [0.15, 0.2) is 0 Å². The SMILES string of the molecule is CNC(c1cc(C)c(Br)c(C)c1)C(C)CCOC. The van der Waals surface area contributed by atoms with Gasteiger partial charge in [0, 0.05) is 24.2 Å². The first kappa shape index (κ1) is 15.7. The topological polar surface area (TPSA) is 21.3 Å². The second-order valence-electron chi connectivity index (χ2n) is 4.99. The van der Waals surface area contributed by atoms with Crippen molar-refractivity contribution in [1.82, 2.24) is 5.32 Å². The molecule has 102 valence electrons. The normalized spacial score (nSPS) is 14.6. The van der Waals surface area contributed by atoms with Crippen molar-refractivity contribution in [1.29, 1.82) is 0 Å². The molecule has 0 aliphatic heterocycles. The van der Waals surface area contributed by atoms with E-state index in [1.165, 1.54) is 21.2 Å². The number of halogens is 1. The van der Waals surface area contributed by atoms with Crippen LogP contribution in [0.15, 0.2) is 16.6 Å². The minimum Gasteiger partial charge on any atom is -0.385 e. The van der Waals surface area contributed by atoms with E-state index in [1.807, 2.05) is 7.05 Å². The van der Waals surface area contributed by atoms with Crippen LogP contribution in [0.25, 0.3) is 0 Å². The molecule has 2 atom stereocenters. The minimum absolute atomic E-state index is 0.380. The Morgan fingerprint density at radius 3 is 2.28 bits per heavy atom. The summed E-state index contributed by atoms with van der Waals surface area (Å²) in [6, 6.07) is 4.91. The third-order valence-electron chi connectivity index (χ3n) is 3.48. The molecule has 0 saturated heterocycles. The fraction of sp³-hybridized carbons (Fsp3) is 0.600. The average Bonchev–Trinajstić information content (AvgIpc) is 2.34. The van der Waals surface area contributed by atoms with Crippen LogP contribution in [0.5, 0.6) is 0 Å². The quantitative estimate of drug-likeness (QED) is 0.857. The number of nitrogens with one attached hydrogen (secondary N) is 1. The number of ether oxygens (including phenoxy) is 1. The predicted octanol–water partition coefficient (Wildman–Crippen LogP) is 4.00. The van der Waals surface area contributed by atoms with E-state index in [4.69, 9.17) is 4.74 Å². The molecule has 2 unspecified atom stereocenters. The van der Waals surface area contributed by atoms with Gasteiger partial charge in [0.2, 0.25) is 0 Å². The molecule has 0 spiro atoms. The number of hydrogen-bond acceptors (Lipinski definition) is 2. The molecule has 0 aromatic heterocycles. The van der Waals surface area contributed by atoms with Crippen LogP contribution in [0.4, 0.5) is 0 Å². The molecule has 1 N–H and O–H groups in total. The maximum atomic E-state index is 5.17. The number of aryl methyl sites for hydroxylation is 2. The van der Waals surface area contributed by atoms with Crippen LogP contribution in [0, 0.1) is 19.8 Å². The van der Waals surface area contributed by atoms with Crippen LogP contribution < -0.4 is 5.32 Å². The lowest BCUT2D eigenvalue weighted by atomic mass is 9.90. The van der Waals surface area contributed by atoms with E-state index in [0.717, 1.165) is 13.0 Å². The molecule has 18 heavy (non-hydrogen) atoms. The Morgan fingerprint density at radius 2 is 1.83 bits per heavy atom. The molecule has 3 heteroatoms. The molecule has 0 bridgehead atoms. The van der Waals surface area contributed by atoms with Gasteiger partial charge in [-0.15, -0.1) is 0 Å². The summed E-state index contributed by atoms with van der Waals surface area (Å²) in [6.45, 7) is 7.38. The lowest BCUT2D eigenvalue weighted by Crippen LogP contribution is -2.24. The van der Waals surface area contributed by atoms with Crippen LogP contribution in [0.3, 0.4) is 0 Å². The molecule has 0 radical (unpaired) electrons. The summed E-state index contributed by atoms with van der Waals surface area (Å²) in [7, 11) is 3.79. The van der Waals surface area contributed by atoms with Crippen molar-refractivity contribution in [2.75, 3.05) is 20.8 Å². The number of rotatable bonds is 6. The minimum atomic E-state index is 0.380. The van der Waals surface area contributed by atoms with E-state index in [2.05, 4.69) is 54.2 Å². The largest absolute Gasteiger partial charge is 0.385 e. The van der Waals surface area contributed by atoms with Gasteiger partial charge in [-0.25, -0.2) is 0 Å². The Kier molecular flexibility index (Phi) is 6.33. The summed E-state index contributed by atoms with van der Waals surface area (Å²) in [5.74, 6) is 0.551. The summed E-state index contributed by atoms with van der Waals surface area (Å²) in [6.07, 6.45) is 1.07. The van der Waals surface area contributed by atoms with E-state index in [1.54, 1.807) is 7.11 Å². The Balaban J connectivity index is 2.94. The predicted molar refractivity (Wildman–Crippen MR) is 81.1 cm³/mol. The summed E-state index contributed by atoms with van der Waals surface area (Å²) in [5.41, 5.74) is 3.95. The van der Waals surface area contributed by atoms with Crippen molar-refractivity contribution in [2.45, 2.75) is 33.2 Å². The molecule has 0 saturated carbocycles.